The molecule has 0 bridgehead atoms. The molecule has 0 spiro atoms. The molecular formula is C13H27NO. The van der Waals surface area contributed by atoms with Gasteiger partial charge in [0, 0.05) is 18.6 Å². The Morgan fingerprint density at radius 3 is 2.67 bits per heavy atom. The number of rotatable bonds is 8. The van der Waals surface area contributed by atoms with Crippen LogP contribution in [0.25, 0.3) is 0 Å². The molecule has 2 heteroatoms. The normalized spacial score (nSPS) is 26.0. The van der Waals surface area contributed by atoms with Crippen LogP contribution < -0.4 is 5.32 Å². The lowest BCUT2D eigenvalue weighted by molar-refractivity contribution is 0.142. The molecule has 1 heterocycles. The van der Waals surface area contributed by atoms with Gasteiger partial charge in [-0.15, -0.1) is 0 Å². The van der Waals surface area contributed by atoms with Crippen LogP contribution in [0.4, 0.5) is 0 Å². The van der Waals surface area contributed by atoms with E-state index < -0.39 is 0 Å². The smallest absolute Gasteiger partial charge is 0.0535 e. The molecule has 1 unspecified atom stereocenters. The molecule has 0 aromatic heterocycles. The predicted molar refractivity (Wildman–Crippen MR) is 65.2 cm³/mol. The zero-order valence-corrected chi connectivity index (χ0v) is 10.5. The summed E-state index contributed by atoms with van der Waals surface area (Å²) in [5.74, 6) is 0. The summed E-state index contributed by atoms with van der Waals surface area (Å²) < 4.78 is 5.58. The third-order valence-electron chi connectivity index (χ3n) is 3.42. The first-order valence-electron chi connectivity index (χ1n) is 6.61. The van der Waals surface area contributed by atoms with Gasteiger partial charge in [-0.25, -0.2) is 0 Å². The van der Waals surface area contributed by atoms with Crippen molar-refractivity contribution in [2.45, 2.75) is 52.4 Å². The Morgan fingerprint density at radius 1 is 1.20 bits per heavy atom. The molecule has 15 heavy (non-hydrogen) atoms. The second-order valence-corrected chi connectivity index (χ2v) is 4.94. The van der Waals surface area contributed by atoms with Gasteiger partial charge in [0.25, 0.3) is 0 Å². The van der Waals surface area contributed by atoms with E-state index in [0.29, 0.717) is 5.41 Å². The summed E-state index contributed by atoms with van der Waals surface area (Å²) in [5, 5.41) is 3.56. The van der Waals surface area contributed by atoms with Gasteiger partial charge >= 0.3 is 0 Å². The summed E-state index contributed by atoms with van der Waals surface area (Å²) in [7, 11) is 0. The van der Waals surface area contributed by atoms with Gasteiger partial charge in [0.1, 0.15) is 0 Å². The van der Waals surface area contributed by atoms with E-state index in [0.717, 1.165) is 26.3 Å². The molecule has 1 N–H and O–H groups in total. The molecule has 0 aromatic rings. The minimum atomic E-state index is 0.463. The number of ether oxygens (including phenoxy) is 1. The van der Waals surface area contributed by atoms with Gasteiger partial charge in [0.15, 0.2) is 0 Å². The third kappa shape index (κ3) is 4.52. The van der Waals surface area contributed by atoms with Gasteiger partial charge in [-0.2, -0.15) is 0 Å². The number of hydrogen-bond acceptors (Lipinski definition) is 2. The molecule has 0 amide bonds. The lowest BCUT2D eigenvalue weighted by Gasteiger charge is -2.27. The summed E-state index contributed by atoms with van der Waals surface area (Å²) in [6, 6.07) is 0. The van der Waals surface area contributed by atoms with Gasteiger partial charge in [0.2, 0.25) is 0 Å². The van der Waals surface area contributed by atoms with Crippen molar-refractivity contribution in [3.8, 4) is 0 Å². The minimum Gasteiger partial charge on any atom is -0.381 e. The van der Waals surface area contributed by atoms with Crippen molar-refractivity contribution in [1.82, 2.24) is 5.32 Å². The summed E-state index contributed by atoms with van der Waals surface area (Å²) in [6.45, 7) is 8.75. The maximum Gasteiger partial charge on any atom is 0.0535 e. The Bertz CT molecular complexity index is 141. The van der Waals surface area contributed by atoms with Crippen LogP contribution in [0.5, 0.6) is 0 Å². The molecule has 0 aromatic carbocycles. The van der Waals surface area contributed by atoms with E-state index in [1.807, 2.05) is 0 Å². The Hall–Kier alpha value is -0.0800. The number of hydrogen-bond donors (Lipinski definition) is 1. The van der Waals surface area contributed by atoms with Crippen molar-refractivity contribution in [2.75, 3.05) is 26.3 Å². The summed E-state index contributed by atoms with van der Waals surface area (Å²) >= 11 is 0. The fourth-order valence-corrected chi connectivity index (χ4v) is 2.35. The van der Waals surface area contributed by atoms with Gasteiger partial charge in [-0.3, -0.25) is 0 Å². The van der Waals surface area contributed by atoms with Crippen molar-refractivity contribution in [3.63, 3.8) is 0 Å². The van der Waals surface area contributed by atoms with Crippen molar-refractivity contribution >= 4 is 0 Å². The average Bonchev–Trinajstić information content (AvgIpc) is 2.68. The molecule has 0 radical (unpaired) electrons. The van der Waals surface area contributed by atoms with Crippen molar-refractivity contribution in [1.29, 1.82) is 0 Å². The predicted octanol–water partition coefficient (Wildman–Crippen LogP) is 2.97. The molecule has 1 rings (SSSR count). The Morgan fingerprint density at radius 2 is 2.07 bits per heavy atom. The van der Waals surface area contributed by atoms with E-state index in [1.54, 1.807) is 0 Å². The van der Waals surface area contributed by atoms with Crippen LogP contribution in [0.15, 0.2) is 0 Å². The molecule has 1 saturated heterocycles. The summed E-state index contributed by atoms with van der Waals surface area (Å²) in [4.78, 5) is 0. The zero-order valence-electron chi connectivity index (χ0n) is 10.5. The van der Waals surface area contributed by atoms with E-state index in [2.05, 4.69) is 19.2 Å². The summed E-state index contributed by atoms with van der Waals surface area (Å²) in [6.07, 6.45) is 7.89. The monoisotopic (exact) mass is 213 g/mol. The van der Waals surface area contributed by atoms with Crippen LogP contribution in [0, 0.1) is 5.41 Å². The Labute approximate surface area is 94.8 Å². The third-order valence-corrected chi connectivity index (χ3v) is 3.42. The maximum atomic E-state index is 5.58. The van der Waals surface area contributed by atoms with E-state index >= 15 is 0 Å². The summed E-state index contributed by atoms with van der Waals surface area (Å²) in [5.41, 5.74) is 0.463. The highest BCUT2D eigenvalue weighted by atomic mass is 16.5. The van der Waals surface area contributed by atoms with Gasteiger partial charge in [-0.1, -0.05) is 33.1 Å². The second-order valence-electron chi connectivity index (χ2n) is 4.94. The molecule has 1 aliphatic rings. The first-order valence-corrected chi connectivity index (χ1v) is 6.61. The molecule has 1 atom stereocenters. The Kier molecular flexibility index (Phi) is 6.26. The van der Waals surface area contributed by atoms with E-state index in [4.69, 9.17) is 4.74 Å². The molecule has 0 saturated carbocycles. The van der Waals surface area contributed by atoms with Crippen LogP contribution in [-0.2, 0) is 4.74 Å². The van der Waals surface area contributed by atoms with Gasteiger partial charge in [-0.05, 0) is 25.8 Å². The van der Waals surface area contributed by atoms with Crippen molar-refractivity contribution < 1.29 is 4.74 Å². The highest BCUT2D eigenvalue weighted by Crippen LogP contribution is 2.33. The number of unbranched alkanes of at least 4 members (excludes halogenated alkanes) is 2. The van der Waals surface area contributed by atoms with Crippen molar-refractivity contribution in [2.24, 2.45) is 5.41 Å². The van der Waals surface area contributed by atoms with Gasteiger partial charge < -0.3 is 10.1 Å². The highest BCUT2D eigenvalue weighted by Gasteiger charge is 2.33. The molecule has 0 aliphatic carbocycles. The van der Waals surface area contributed by atoms with Crippen LogP contribution in [0.1, 0.15) is 52.4 Å². The quantitative estimate of drug-likeness (QED) is 0.626. The first-order chi connectivity index (χ1) is 7.33. The standard InChI is InChI=1S/C13H27NO/c1-3-5-6-7-13(8-10-15-12-13)11-14-9-4-2/h14H,3-12H2,1-2H3. The lowest BCUT2D eigenvalue weighted by atomic mass is 9.82. The Balaban J connectivity index is 2.26. The largest absolute Gasteiger partial charge is 0.381 e. The van der Waals surface area contributed by atoms with Crippen LogP contribution in [-0.4, -0.2) is 26.3 Å². The van der Waals surface area contributed by atoms with Crippen molar-refractivity contribution in [3.05, 3.63) is 0 Å². The first kappa shape index (κ1) is 13.0. The fourth-order valence-electron chi connectivity index (χ4n) is 2.35. The minimum absolute atomic E-state index is 0.463. The van der Waals surface area contributed by atoms with E-state index in [-0.39, 0.29) is 0 Å². The topological polar surface area (TPSA) is 21.3 Å². The SMILES string of the molecule is CCCCCC1(CNCCC)CCOC1. The highest BCUT2D eigenvalue weighted by molar-refractivity contribution is 4.85. The van der Waals surface area contributed by atoms with E-state index in [9.17, 15) is 0 Å². The molecule has 1 aliphatic heterocycles. The zero-order chi connectivity index (χ0) is 11.0. The number of nitrogens with one attached hydrogen (secondary N) is 1. The molecule has 2 nitrogen and oxygen atoms in total. The fraction of sp³-hybridized carbons (Fsp3) is 1.00. The second kappa shape index (κ2) is 7.24. The maximum absolute atomic E-state index is 5.58. The van der Waals surface area contributed by atoms with Crippen LogP contribution >= 0.6 is 0 Å². The van der Waals surface area contributed by atoms with Crippen LogP contribution in [0.3, 0.4) is 0 Å². The molecule has 90 valence electrons. The van der Waals surface area contributed by atoms with E-state index in [1.165, 1.54) is 38.5 Å². The van der Waals surface area contributed by atoms with Crippen LogP contribution in [0.2, 0.25) is 0 Å². The molecular weight excluding hydrogens is 186 g/mol. The molecule has 1 fully saturated rings. The lowest BCUT2D eigenvalue weighted by Crippen LogP contribution is -2.35. The average molecular weight is 213 g/mol. The van der Waals surface area contributed by atoms with Gasteiger partial charge in [0.05, 0.1) is 6.61 Å².